The molecule has 2 amide bonds. The van der Waals surface area contributed by atoms with Crippen LogP contribution in [0.3, 0.4) is 0 Å². The Morgan fingerprint density at radius 1 is 1.46 bits per heavy atom. The van der Waals surface area contributed by atoms with Gasteiger partial charge in [0.25, 0.3) is 0 Å². The minimum Gasteiger partial charge on any atom is -0.465 e. The minimum atomic E-state index is -1.17. The monoisotopic (exact) mass is 186 g/mol. The highest BCUT2D eigenvalue weighted by atomic mass is 16.4. The van der Waals surface area contributed by atoms with E-state index in [0.29, 0.717) is 0 Å². The highest BCUT2D eigenvalue weighted by molar-refractivity contribution is 5.85. The van der Waals surface area contributed by atoms with Crippen LogP contribution in [0.2, 0.25) is 0 Å². The van der Waals surface area contributed by atoms with Crippen molar-refractivity contribution in [3.8, 4) is 0 Å². The van der Waals surface area contributed by atoms with Gasteiger partial charge in [0.2, 0.25) is 5.91 Å². The second-order valence-corrected chi connectivity index (χ2v) is 3.31. The third kappa shape index (κ3) is 2.93. The average molecular weight is 186 g/mol. The molecule has 1 fully saturated rings. The van der Waals surface area contributed by atoms with Crippen LogP contribution in [0.15, 0.2) is 0 Å². The predicted molar refractivity (Wildman–Crippen MR) is 46.4 cm³/mol. The average Bonchev–Trinajstić information content (AvgIpc) is 1.94. The Bertz CT molecular complexity index is 213. The van der Waals surface area contributed by atoms with E-state index in [1.165, 1.54) is 6.92 Å². The molecule has 1 aliphatic carbocycles. The first kappa shape index (κ1) is 9.83. The topological polar surface area (TPSA) is 78.4 Å². The maximum Gasteiger partial charge on any atom is 0.405 e. The Labute approximate surface area is 76.5 Å². The molecule has 0 aliphatic heterocycles. The first-order valence-electron chi connectivity index (χ1n) is 4.39. The van der Waals surface area contributed by atoms with Gasteiger partial charge in [-0.15, -0.1) is 0 Å². The number of hydrogen-bond acceptors (Lipinski definition) is 2. The summed E-state index contributed by atoms with van der Waals surface area (Å²) >= 11 is 0. The molecule has 1 saturated carbocycles. The van der Waals surface area contributed by atoms with Crippen molar-refractivity contribution < 1.29 is 14.7 Å². The van der Waals surface area contributed by atoms with Crippen molar-refractivity contribution in [1.82, 2.24) is 10.6 Å². The van der Waals surface area contributed by atoms with Crippen molar-refractivity contribution in [3.05, 3.63) is 0 Å². The largest absolute Gasteiger partial charge is 0.465 e. The lowest BCUT2D eigenvalue weighted by Crippen LogP contribution is -2.49. The Balaban J connectivity index is 2.24. The van der Waals surface area contributed by atoms with Crippen molar-refractivity contribution in [1.29, 1.82) is 0 Å². The van der Waals surface area contributed by atoms with Crippen molar-refractivity contribution in [2.24, 2.45) is 0 Å². The van der Waals surface area contributed by atoms with Crippen LogP contribution in [0, 0.1) is 0 Å². The van der Waals surface area contributed by atoms with E-state index < -0.39 is 12.1 Å². The van der Waals surface area contributed by atoms with Crippen LogP contribution in [0.25, 0.3) is 0 Å². The number of carbonyl (C=O) groups excluding carboxylic acids is 1. The van der Waals surface area contributed by atoms with Gasteiger partial charge in [-0.3, -0.25) is 4.79 Å². The number of nitrogens with one attached hydrogen (secondary N) is 2. The summed E-state index contributed by atoms with van der Waals surface area (Å²) in [5, 5.41) is 13.2. The fourth-order valence-electron chi connectivity index (χ4n) is 1.13. The van der Waals surface area contributed by atoms with E-state index in [9.17, 15) is 9.59 Å². The molecule has 0 aromatic heterocycles. The molecule has 3 N–H and O–H groups in total. The van der Waals surface area contributed by atoms with Gasteiger partial charge in [-0.2, -0.15) is 0 Å². The number of amides is 2. The summed E-state index contributed by atoms with van der Waals surface area (Å²) in [6.07, 6.45) is 1.99. The summed E-state index contributed by atoms with van der Waals surface area (Å²) in [6.45, 7) is 1.53. The molecular formula is C8H14N2O3. The zero-order chi connectivity index (χ0) is 9.84. The first-order chi connectivity index (χ1) is 6.09. The fourth-order valence-corrected chi connectivity index (χ4v) is 1.13. The van der Waals surface area contributed by atoms with E-state index in [-0.39, 0.29) is 11.9 Å². The minimum absolute atomic E-state index is 0.243. The fraction of sp³-hybridized carbons (Fsp3) is 0.750. The summed E-state index contributed by atoms with van der Waals surface area (Å²) in [6, 6.07) is -0.413. The van der Waals surface area contributed by atoms with Gasteiger partial charge in [0.05, 0.1) is 0 Å². The molecule has 1 rings (SSSR count). The van der Waals surface area contributed by atoms with Gasteiger partial charge in [-0.1, -0.05) is 0 Å². The zero-order valence-corrected chi connectivity index (χ0v) is 7.54. The molecule has 0 aromatic carbocycles. The molecule has 0 saturated heterocycles. The molecular weight excluding hydrogens is 172 g/mol. The van der Waals surface area contributed by atoms with Gasteiger partial charge < -0.3 is 15.7 Å². The Morgan fingerprint density at radius 3 is 2.46 bits per heavy atom. The molecule has 1 atom stereocenters. The summed E-state index contributed by atoms with van der Waals surface area (Å²) < 4.78 is 0. The molecule has 13 heavy (non-hydrogen) atoms. The molecule has 0 heterocycles. The molecule has 0 spiro atoms. The molecule has 1 aliphatic rings. The second-order valence-electron chi connectivity index (χ2n) is 3.31. The maximum absolute atomic E-state index is 11.2. The van der Waals surface area contributed by atoms with Crippen molar-refractivity contribution in [3.63, 3.8) is 0 Å². The maximum atomic E-state index is 11.2. The van der Waals surface area contributed by atoms with Gasteiger partial charge >= 0.3 is 6.09 Å². The van der Waals surface area contributed by atoms with E-state index in [1.807, 2.05) is 0 Å². The highest BCUT2D eigenvalue weighted by Crippen LogP contribution is 2.17. The normalized spacial score (nSPS) is 18.5. The molecule has 5 nitrogen and oxygen atoms in total. The van der Waals surface area contributed by atoms with Crippen molar-refractivity contribution >= 4 is 12.0 Å². The lowest BCUT2D eigenvalue weighted by Gasteiger charge is -2.27. The molecule has 0 unspecified atom stereocenters. The van der Waals surface area contributed by atoms with Crippen molar-refractivity contribution in [2.45, 2.75) is 38.3 Å². The van der Waals surface area contributed by atoms with Crippen LogP contribution in [-0.4, -0.2) is 29.2 Å². The predicted octanol–water partition coefficient (Wildman–Crippen LogP) is 0.311. The van der Waals surface area contributed by atoms with E-state index in [2.05, 4.69) is 10.6 Å². The molecule has 0 aromatic rings. The third-order valence-electron chi connectivity index (χ3n) is 2.18. The van der Waals surface area contributed by atoms with Gasteiger partial charge in [0.15, 0.2) is 0 Å². The van der Waals surface area contributed by atoms with E-state index in [0.717, 1.165) is 19.3 Å². The van der Waals surface area contributed by atoms with Gasteiger partial charge in [-0.05, 0) is 26.2 Å². The number of carboxylic acid groups (broad SMARTS) is 1. The van der Waals surface area contributed by atoms with E-state index >= 15 is 0 Å². The lowest BCUT2D eigenvalue weighted by atomic mass is 9.93. The summed E-state index contributed by atoms with van der Waals surface area (Å²) in [5.74, 6) is -0.243. The Hall–Kier alpha value is -1.26. The standard InChI is InChI=1S/C8H14N2O3/c1-5(9-8(12)13)7(11)10-6-3-2-4-6/h5-6,9H,2-4H2,1H3,(H,10,11)(H,12,13)/t5-/m1/s1. The van der Waals surface area contributed by atoms with Crippen LogP contribution in [0.1, 0.15) is 26.2 Å². The number of hydrogen-bond donors (Lipinski definition) is 3. The molecule has 5 heteroatoms. The summed E-state index contributed by atoms with van der Waals surface area (Å²) in [4.78, 5) is 21.4. The van der Waals surface area contributed by atoms with Crippen LogP contribution in [0.5, 0.6) is 0 Å². The van der Waals surface area contributed by atoms with Gasteiger partial charge in [-0.25, -0.2) is 4.79 Å². The Kier molecular flexibility index (Phi) is 3.11. The SMILES string of the molecule is C[C@@H](NC(=O)O)C(=O)NC1CCC1. The van der Waals surface area contributed by atoms with Gasteiger partial charge in [0, 0.05) is 6.04 Å². The van der Waals surface area contributed by atoms with Crippen LogP contribution in [-0.2, 0) is 4.79 Å². The zero-order valence-electron chi connectivity index (χ0n) is 7.54. The Morgan fingerprint density at radius 2 is 2.08 bits per heavy atom. The smallest absolute Gasteiger partial charge is 0.405 e. The van der Waals surface area contributed by atoms with E-state index in [1.54, 1.807) is 0 Å². The molecule has 0 bridgehead atoms. The van der Waals surface area contributed by atoms with Crippen LogP contribution >= 0.6 is 0 Å². The quantitative estimate of drug-likeness (QED) is 0.593. The van der Waals surface area contributed by atoms with Crippen molar-refractivity contribution in [2.75, 3.05) is 0 Å². The molecule has 74 valence electrons. The lowest BCUT2D eigenvalue weighted by molar-refractivity contribution is -0.123. The highest BCUT2D eigenvalue weighted by Gasteiger charge is 2.22. The van der Waals surface area contributed by atoms with Crippen LogP contribution in [0.4, 0.5) is 4.79 Å². The molecule has 0 radical (unpaired) electrons. The van der Waals surface area contributed by atoms with Crippen LogP contribution < -0.4 is 10.6 Å². The van der Waals surface area contributed by atoms with E-state index in [4.69, 9.17) is 5.11 Å². The third-order valence-corrected chi connectivity index (χ3v) is 2.18. The van der Waals surface area contributed by atoms with Gasteiger partial charge in [0.1, 0.15) is 6.04 Å². The first-order valence-corrected chi connectivity index (χ1v) is 4.39. The second kappa shape index (κ2) is 4.11. The summed E-state index contributed by atoms with van der Waals surface area (Å²) in [7, 11) is 0. The number of rotatable bonds is 3. The number of carbonyl (C=O) groups is 2. The summed E-state index contributed by atoms with van der Waals surface area (Å²) in [5.41, 5.74) is 0.